The number of hydrogen-bond acceptors (Lipinski definition) is 3. The molecule has 128 valence electrons. The van der Waals surface area contributed by atoms with Gasteiger partial charge in [-0.15, -0.1) is 13.2 Å². The maximum atomic E-state index is 9.19. The summed E-state index contributed by atoms with van der Waals surface area (Å²) in [6.07, 6.45) is 3.17. The van der Waals surface area contributed by atoms with Gasteiger partial charge in [-0.3, -0.25) is 0 Å². The van der Waals surface area contributed by atoms with Crippen molar-refractivity contribution in [3.05, 3.63) is 85.0 Å². The number of phenols is 2. The SMILES string of the molecule is C=CCc1ccccc1O.C=CCc1ccccc1O.O=C(O)O. The summed E-state index contributed by atoms with van der Waals surface area (Å²) in [5.41, 5.74) is 1.86. The van der Waals surface area contributed by atoms with E-state index in [9.17, 15) is 10.2 Å². The lowest BCUT2D eigenvalue weighted by atomic mass is 10.1. The molecule has 0 aliphatic rings. The van der Waals surface area contributed by atoms with Crippen LogP contribution in [0, 0.1) is 0 Å². The van der Waals surface area contributed by atoms with E-state index in [1.165, 1.54) is 0 Å². The van der Waals surface area contributed by atoms with Crippen LogP contribution in [0.4, 0.5) is 4.79 Å². The third kappa shape index (κ3) is 9.68. The predicted molar refractivity (Wildman–Crippen MR) is 94.7 cm³/mol. The number of rotatable bonds is 4. The van der Waals surface area contributed by atoms with Crippen LogP contribution < -0.4 is 0 Å². The summed E-state index contributed by atoms with van der Waals surface area (Å²) in [5, 5.41) is 32.3. The maximum Gasteiger partial charge on any atom is 0.503 e. The Morgan fingerprint density at radius 1 is 0.792 bits per heavy atom. The monoisotopic (exact) mass is 330 g/mol. The van der Waals surface area contributed by atoms with Crippen molar-refractivity contribution in [2.45, 2.75) is 12.8 Å². The van der Waals surface area contributed by atoms with Crippen LogP contribution in [0.2, 0.25) is 0 Å². The summed E-state index contributed by atoms with van der Waals surface area (Å²) in [6, 6.07) is 14.5. The zero-order chi connectivity index (χ0) is 18.4. The van der Waals surface area contributed by atoms with Gasteiger partial charge in [0.15, 0.2) is 0 Å². The van der Waals surface area contributed by atoms with Crippen LogP contribution >= 0.6 is 0 Å². The van der Waals surface area contributed by atoms with Gasteiger partial charge in [0.2, 0.25) is 0 Å². The average molecular weight is 330 g/mol. The van der Waals surface area contributed by atoms with Gasteiger partial charge in [-0.2, -0.15) is 0 Å². The smallest absolute Gasteiger partial charge is 0.503 e. The minimum atomic E-state index is -1.83. The van der Waals surface area contributed by atoms with E-state index in [2.05, 4.69) is 13.2 Å². The fourth-order valence-electron chi connectivity index (χ4n) is 1.68. The van der Waals surface area contributed by atoms with E-state index < -0.39 is 6.16 Å². The zero-order valence-electron chi connectivity index (χ0n) is 13.3. The highest BCUT2D eigenvalue weighted by atomic mass is 16.6. The van der Waals surface area contributed by atoms with Crippen molar-refractivity contribution < 1.29 is 25.2 Å². The molecule has 0 aliphatic heterocycles. The zero-order valence-corrected chi connectivity index (χ0v) is 13.3. The Morgan fingerprint density at radius 3 is 1.33 bits per heavy atom. The summed E-state index contributed by atoms with van der Waals surface area (Å²) >= 11 is 0. The fourth-order valence-corrected chi connectivity index (χ4v) is 1.68. The number of carboxylic acid groups (broad SMARTS) is 2. The van der Waals surface area contributed by atoms with Gasteiger partial charge in [0, 0.05) is 0 Å². The molecule has 2 aromatic rings. The standard InChI is InChI=1S/2C9H10O.CH2O3/c2*1-2-5-8-6-3-4-7-9(8)10;2-1(3)4/h2*2-4,6-7,10H,1,5H2;(H2,2,3,4). The van der Waals surface area contributed by atoms with Crippen LogP contribution in [0.15, 0.2) is 73.8 Å². The molecule has 0 amide bonds. The molecule has 0 saturated carbocycles. The van der Waals surface area contributed by atoms with E-state index in [1.807, 2.05) is 36.4 Å². The molecule has 2 rings (SSSR count). The second-order valence-corrected chi connectivity index (χ2v) is 4.53. The van der Waals surface area contributed by atoms with Crippen molar-refractivity contribution in [3.63, 3.8) is 0 Å². The fraction of sp³-hybridized carbons (Fsp3) is 0.105. The Bertz CT molecular complexity index is 594. The summed E-state index contributed by atoms with van der Waals surface area (Å²) in [7, 11) is 0. The highest BCUT2D eigenvalue weighted by Gasteiger charge is 1.94. The lowest BCUT2D eigenvalue weighted by molar-refractivity contribution is 0.137. The first-order chi connectivity index (χ1) is 11.4. The average Bonchev–Trinajstić information content (AvgIpc) is 2.52. The first kappa shape index (κ1) is 20.8. The number of phenolic OH excluding ortho intramolecular Hbond substituents is 2. The first-order valence-electron chi connectivity index (χ1n) is 7.09. The highest BCUT2D eigenvalue weighted by Crippen LogP contribution is 2.16. The maximum absolute atomic E-state index is 9.19. The Balaban J connectivity index is 0.000000363. The first-order valence-corrected chi connectivity index (χ1v) is 7.09. The van der Waals surface area contributed by atoms with Gasteiger partial charge in [-0.25, -0.2) is 4.79 Å². The van der Waals surface area contributed by atoms with Crippen molar-refractivity contribution >= 4 is 6.16 Å². The molecule has 5 nitrogen and oxygen atoms in total. The molecule has 0 aromatic heterocycles. The third-order valence-electron chi connectivity index (χ3n) is 2.71. The van der Waals surface area contributed by atoms with Crippen LogP contribution in [0.3, 0.4) is 0 Å². The quantitative estimate of drug-likeness (QED) is 0.620. The van der Waals surface area contributed by atoms with E-state index in [0.717, 1.165) is 24.0 Å². The summed E-state index contributed by atoms with van der Waals surface area (Å²) in [5.74, 6) is 0.699. The van der Waals surface area contributed by atoms with E-state index in [-0.39, 0.29) is 0 Å². The summed E-state index contributed by atoms with van der Waals surface area (Å²) < 4.78 is 0. The van der Waals surface area contributed by atoms with Crippen LogP contribution in [0.25, 0.3) is 0 Å². The van der Waals surface area contributed by atoms with Gasteiger partial charge < -0.3 is 20.4 Å². The number of allylic oxidation sites excluding steroid dienone is 2. The van der Waals surface area contributed by atoms with Crippen LogP contribution in [-0.4, -0.2) is 26.6 Å². The lowest BCUT2D eigenvalue weighted by Gasteiger charge is -1.97. The Kier molecular flexibility index (Phi) is 10.7. The van der Waals surface area contributed by atoms with Gasteiger partial charge in [0.25, 0.3) is 0 Å². The van der Waals surface area contributed by atoms with Crippen LogP contribution in [0.5, 0.6) is 11.5 Å². The van der Waals surface area contributed by atoms with Gasteiger partial charge in [0.1, 0.15) is 11.5 Å². The molecule has 0 heterocycles. The summed E-state index contributed by atoms with van der Waals surface area (Å²) in [6.45, 7) is 7.17. The molecule has 0 atom stereocenters. The van der Waals surface area contributed by atoms with Crippen LogP contribution in [0.1, 0.15) is 11.1 Å². The molecular weight excluding hydrogens is 308 g/mol. The molecule has 0 spiro atoms. The Hall–Kier alpha value is -3.21. The van der Waals surface area contributed by atoms with E-state index in [1.54, 1.807) is 24.3 Å². The number of carbonyl (C=O) groups is 1. The molecule has 5 heteroatoms. The van der Waals surface area contributed by atoms with Gasteiger partial charge >= 0.3 is 6.16 Å². The molecule has 0 aliphatic carbocycles. The van der Waals surface area contributed by atoms with Crippen molar-refractivity contribution in [2.75, 3.05) is 0 Å². The summed E-state index contributed by atoms with van der Waals surface area (Å²) in [4.78, 5) is 8.56. The predicted octanol–water partition coefficient (Wildman–Crippen LogP) is 4.46. The second kappa shape index (κ2) is 12.3. The number of hydrogen-bond donors (Lipinski definition) is 4. The van der Waals surface area contributed by atoms with Crippen LogP contribution in [-0.2, 0) is 12.8 Å². The van der Waals surface area contributed by atoms with Gasteiger partial charge in [-0.05, 0) is 36.1 Å². The van der Waals surface area contributed by atoms with Crippen molar-refractivity contribution in [3.8, 4) is 11.5 Å². The van der Waals surface area contributed by atoms with Crippen molar-refractivity contribution in [2.24, 2.45) is 0 Å². The molecule has 0 saturated heterocycles. The number of aromatic hydroxyl groups is 2. The van der Waals surface area contributed by atoms with E-state index in [4.69, 9.17) is 15.0 Å². The molecule has 0 radical (unpaired) electrons. The lowest BCUT2D eigenvalue weighted by Crippen LogP contribution is -1.81. The topological polar surface area (TPSA) is 98.0 Å². The minimum Gasteiger partial charge on any atom is -0.508 e. The Labute approximate surface area is 141 Å². The van der Waals surface area contributed by atoms with Crippen molar-refractivity contribution in [1.29, 1.82) is 0 Å². The minimum absolute atomic E-state index is 0.349. The molecule has 0 fully saturated rings. The van der Waals surface area contributed by atoms with E-state index >= 15 is 0 Å². The normalized spacial score (nSPS) is 8.67. The van der Waals surface area contributed by atoms with Crippen molar-refractivity contribution in [1.82, 2.24) is 0 Å². The number of benzene rings is 2. The number of para-hydroxylation sites is 2. The molecule has 24 heavy (non-hydrogen) atoms. The second-order valence-electron chi connectivity index (χ2n) is 4.53. The van der Waals surface area contributed by atoms with Gasteiger partial charge in [-0.1, -0.05) is 48.6 Å². The van der Waals surface area contributed by atoms with E-state index in [0.29, 0.717) is 11.5 Å². The molecule has 2 aromatic carbocycles. The Morgan fingerprint density at radius 2 is 1.08 bits per heavy atom. The molecular formula is C19H22O5. The molecule has 0 bridgehead atoms. The molecule has 4 N–H and O–H groups in total. The third-order valence-corrected chi connectivity index (χ3v) is 2.71. The highest BCUT2D eigenvalue weighted by molar-refractivity contribution is 5.53. The largest absolute Gasteiger partial charge is 0.508 e. The van der Waals surface area contributed by atoms with Gasteiger partial charge in [0.05, 0.1) is 0 Å². The molecule has 0 unspecified atom stereocenters.